The average Bonchev–Trinajstić information content (AvgIpc) is 0.679. The SMILES string of the molecule is CC(C)(C)c1cc2c3c(c1)N(c1ccccc1)c1cc4c(cc1B3c1ccccc1N2c1ccc2c3ccccc3c3ccccc3c2c1)B1c2ccccc2N(c2ccc3c5ccccc5c5ccccc5c3c2)c2cc(C(C)(C)C)cc(c21)N4c1ccc2c3ccccc3c3ccccc3c2c1. The molecule has 22 rings (SSSR count). The molecule has 0 aromatic heterocycles. The van der Waals surface area contributed by atoms with Crippen LogP contribution < -0.4 is 52.4 Å². The van der Waals surface area contributed by atoms with Crippen molar-refractivity contribution in [1.82, 2.24) is 0 Å². The molecule has 4 aliphatic rings. The second kappa shape index (κ2) is 21.6. The Morgan fingerprint density at radius 3 is 0.740 bits per heavy atom. The first kappa shape index (κ1) is 59.3. The van der Waals surface area contributed by atoms with Gasteiger partial charge in [-0.2, -0.15) is 0 Å². The van der Waals surface area contributed by atoms with Crippen LogP contribution in [0.25, 0.3) is 97.0 Å². The van der Waals surface area contributed by atoms with Crippen molar-refractivity contribution in [1.29, 1.82) is 0 Å². The number of nitrogens with zero attached hydrogens (tertiary/aromatic N) is 4. The highest BCUT2D eigenvalue weighted by molar-refractivity contribution is 7.03. The molecular formula is C98H70B2N4. The third-order valence-corrected chi connectivity index (χ3v) is 23.8. The van der Waals surface area contributed by atoms with Gasteiger partial charge in [-0.05, 0) is 243 Å². The summed E-state index contributed by atoms with van der Waals surface area (Å²) in [5, 5.41) is 22.7. The molecule has 0 saturated carbocycles. The number of hydrogen-bond donors (Lipinski definition) is 0. The summed E-state index contributed by atoms with van der Waals surface area (Å²) in [5.74, 6) is 0. The van der Waals surface area contributed by atoms with Gasteiger partial charge in [-0.1, -0.05) is 266 Å². The third kappa shape index (κ3) is 8.34. The Hall–Kier alpha value is -12.4. The van der Waals surface area contributed by atoms with E-state index in [2.05, 4.69) is 377 Å². The predicted molar refractivity (Wildman–Crippen MR) is 449 cm³/mol. The second-order valence-corrected chi connectivity index (χ2v) is 31.5. The minimum absolute atomic E-state index is 0.149. The van der Waals surface area contributed by atoms with E-state index in [1.165, 1.54) is 186 Å². The van der Waals surface area contributed by atoms with Crippen LogP contribution in [0.15, 0.2) is 315 Å². The summed E-state index contributed by atoms with van der Waals surface area (Å²) in [5.41, 5.74) is 23.9. The van der Waals surface area contributed by atoms with Gasteiger partial charge in [0, 0.05) is 68.2 Å². The Labute approximate surface area is 606 Å². The number of rotatable bonds is 4. The van der Waals surface area contributed by atoms with Crippen molar-refractivity contribution in [2.75, 3.05) is 19.6 Å². The van der Waals surface area contributed by atoms with Crippen LogP contribution in [0.2, 0.25) is 0 Å². The molecule has 0 atom stereocenters. The standard InChI is InChI=1S/C98H70B2N4/c1-97(2,3)59-50-91-95-92(51-59)102(62-44-47-77-71-34-13-10-28-65(71)68-31-16-19-37-74(68)80(77)54-62)87-42-24-22-40-83(87)99(95)85-57-86-90(58-89(85)101(91)61-26-8-7-9-27-61)104(64-46-49-79-73-36-15-12-30-67(73)70-33-18-21-39-76(70)82(79)56-64)94-53-60(98(4,5)6)52-93-96(94)100(86)84-41-23-25-43-88(84)103(93)63-45-48-78-72-35-14-11-29-66(72)69-32-17-20-38-75(69)81(78)55-63/h7-58H,1-6H3. The summed E-state index contributed by atoms with van der Waals surface area (Å²) in [6.45, 7) is 14.0. The number of para-hydroxylation sites is 3. The first-order valence-corrected chi connectivity index (χ1v) is 36.9. The van der Waals surface area contributed by atoms with Crippen LogP contribution in [0.3, 0.4) is 0 Å². The molecule has 18 aromatic carbocycles. The van der Waals surface area contributed by atoms with E-state index in [-0.39, 0.29) is 24.3 Å². The van der Waals surface area contributed by atoms with E-state index < -0.39 is 0 Å². The van der Waals surface area contributed by atoms with Gasteiger partial charge in [0.25, 0.3) is 13.4 Å². The Balaban J connectivity index is 0.849. The Kier molecular flexibility index (Phi) is 12.3. The van der Waals surface area contributed by atoms with Crippen molar-refractivity contribution in [3.05, 3.63) is 327 Å². The molecule has 4 aliphatic heterocycles. The minimum Gasteiger partial charge on any atom is -0.311 e. The molecule has 18 aromatic rings. The number of anilines is 12. The summed E-state index contributed by atoms with van der Waals surface area (Å²) in [6.07, 6.45) is 0. The predicted octanol–water partition coefficient (Wildman–Crippen LogP) is 22.8. The quantitative estimate of drug-likeness (QED) is 0.129. The smallest absolute Gasteiger partial charge is 0.252 e. The molecule has 0 N–H and O–H groups in total. The molecule has 6 heteroatoms. The van der Waals surface area contributed by atoms with E-state index in [1.807, 2.05) is 0 Å². The fraction of sp³-hybridized carbons (Fsp3) is 0.0816. The highest BCUT2D eigenvalue weighted by atomic mass is 15.2. The molecule has 4 heterocycles. The maximum absolute atomic E-state index is 2.70. The number of fused-ring (bicyclic) bond motifs is 26. The van der Waals surface area contributed by atoms with E-state index in [4.69, 9.17) is 0 Å². The minimum atomic E-state index is -0.240. The highest BCUT2D eigenvalue weighted by Crippen LogP contribution is 2.53. The zero-order chi connectivity index (χ0) is 69.2. The van der Waals surface area contributed by atoms with Gasteiger partial charge in [0.15, 0.2) is 0 Å². The lowest BCUT2D eigenvalue weighted by atomic mass is 9.30. The van der Waals surface area contributed by atoms with Crippen molar-refractivity contribution in [3.8, 4) is 0 Å². The Bertz CT molecular complexity index is 6720. The topological polar surface area (TPSA) is 13.0 Å². The molecule has 0 bridgehead atoms. The van der Waals surface area contributed by atoms with Crippen LogP contribution >= 0.6 is 0 Å². The molecule has 488 valence electrons. The monoisotopic (exact) mass is 1320 g/mol. The van der Waals surface area contributed by atoms with Gasteiger partial charge in [-0.3, -0.25) is 0 Å². The van der Waals surface area contributed by atoms with E-state index in [0.717, 1.165) is 22.7 Å². The van der Waals surface area contributed by atoms with Crippen LogP contribution in [0.5, 0.6) is 0 Å². The molecule has 4 nitrogen and oxygen atoms in total. The van der Waals surface area contributed by atoms with Crippen molar-refractivity contribution in [3.63, 3.8) is 0 Å². The molecule has 0 fully saturated rings. The molecule has 0 unspecified atom stereocenters. The van der Waals surface area contributed by atoms with E-state index >= 15 is 0 Å². The molecule has 0 amide bonds. The van der Waals surface area contributed by atoms with Crippen LogP contribution in [-0.2, 0) is 10.8 Å². The van der Waals surface area contributed by atoms with E-state index in [1.54, 1.807) is 0 Å². The Morgan fingerprint density at radius 1 is 0.183 bits per heavy atom. The van der Waals surface area contributed by atoms with Crippen molar-refractivity contribution in [2.24, 2.45) is 0 Å². The maximum atomic E-state index is 2.70. The van der Waals surface area contributed by atoms with Gasteiger partial charge in [0.1, 0.15) is 0 Å². The van der Waals surface area contributed by atoms with Crippen LogP contribution in [0.1, 0.15) is 52.7 Å². The number of benzene rings is 18. The van der Waals surface area contributed by atoms with Gasteiger partial charge >= 0.3 is 0 Å². The zero-order valence-corrected chi connectivity index (χ0v) is 59.0. The van der Waals surface area contributed by atoms with Crippen LogP contribution in [0, 0.1) is 0 Å². The summed E-state index contributed by atoms with van der Waals surface area (Å²) >= 11 is 0. The van der Waals surface area contributed by atoms with Gasteiger partial charge in [-0.15, -0.1) is 0 Å². The van der Waals surface area contributed by atoms with Gasteiger partial charge in [0.05, 0.1) is 0 Å². The van der Waals surface area contributed by atoms with Crippen LogP contribution in [-0.4, -0.2) is 13.4 Å². The molecule has 0 saturated heterocycles. The first-order chi connectivity index (χ1) is 50.9. The lowest BCUT2D eigenvalue weighted by Gasteiger charge is -2.48. The van der Waals surface area contributed by atoms with Gasteiger partial charge in [0.2, 0.25) is 0 Å². The lowest BCUT2D eigenvalue weighted by Crippen LogP contribution is -2.65. The average molecular weight is 1330 g/mol. The largest absolute Gasteiger partial charge is 0.311 e. The van der Waals surface area contributed by atoms with Crippen LogP contribution in [0.4, 0.5) is 68.2 Å². The van der Waals surface area contributed by atoms with Gasteiger partial charge in [-0.25, -0.2) is 0 Å². The Morgan fingerprint density at radius 2 is 0.433 bits per heavy atom. The summed E-state index contributed by atoms with van der Waals surface area (Å²) in [7, 11) is 0. The summed E-state index contributed by atoms with van der Waals surface area (Å²) in [4.78, 5) is 10.6. The number of hydrogen-bond acceptors (Lipinski definition) is 4. The van der Waals surface area contributed by atoms with Gasteiger partial charge < -0.3 is 19.6 Å². The zero-order valence-electron chi connectivity index (χ0n) is 59.0. The second-order valence-electron chi connectivity index (χ2n) is 31.5. The van der Waals surface area contributed by atoms with Crippen molar-refractivity contribution in [2.45, 2.75) is 52.4 Å². The normalized spacial score (nSPS) is 13.8. The molecule has 0 radical (unpaired) electrons. The molecule has 104 heavy (non-hydrogen) atoms. The maximum Gasteiger partial charge on any atom is 0.252 e. The third-order valence-electron chi connectivity index (χ3n) is 23.8. The summed E-state index contributed by atoms with van der Waals surface area (Å²) < 4.78 is 0. The summed E-state index contributed by atoms with van der Waals surface area (Å²) in [6, 6.07) is 121. The molecule has 0 aliphatic carbocycles. The van der Waals surface area contributed by atoms with E-state index in [0.29, 0.717) is 0 Å². The lowest BCUT2D eigenvalue weighted by molar-refractivity contribution is 0.590. The van der Waals surface area contributed by atoms with Crippen molar-refractivity contribution >= 4 is 211 Å². The van der Waals surface area contributed by atoms with E-state index in [9.17, 15) is 0 Å². The van der Waals surface area contributed by atoms with Crippen molar-refractivity contribution < 1.29 is 0 Å². The fourth-order valence-corrected chi connectivity index (χ4v) is 19.0. The molecule has 0 spiro atoms. The first-order valence-electron chi connectivity index (χ1n) is 36.9. The highest BCUT2D eigenvalue weighted by Gasteiger charge is 2.49. The fourth-order valence-electron chi connectivity index (χ4n) is 19.0. The molecular weight excluding hydrogens is 1250 g/mol.